The molecule has 1 saturated heterocycles. The molecular formula is C19H21ClF3N3O3. The summed E-state index contributed by atoms with van der Waals surface area (Å²) in [5.74, 6) is -0.752. The van der Waals surface area contributed by atoms with Crippen LogP contribution in [0.4, 0.5) is 13.2 Å². The molecule has 0 spiro atoms. The Morgan fingerprint density at radius 3 is 2.62 bits per heavy atom. The summed E-state index contributed by atoms with van der Waals surface area (Å²) in [6.45, 7) is 2.06. The first-order valence-corrected chi connectivity index (χ1v) is 9.66. The van der Waals surface area contributed by atoms with E-state index in [4.69, 9.17) is 11.6 Å². The largest absolute Gasteiger partial charge is 0.522 e. The number of nitrogens with one attached hydrogen (secondary N) is 2. The van der Waals surface area contributed by atoms with Crippen LogP contribution < -0.4 is 5.32 Å². The number of aromatic amines is 1. The van der Waals surface area contributed by atoms with Crippen LogP contribution in [0.25, 0.3) is 10.9 Å². The van der Waals surface area contributed by atoms with Gasteiger partial charge in [0.1, 0.15) is 11.7 Å². The number of halogens is 4. The fourth-order valence-electron chi connectivity index (χ4n) is 3.40. The van der Waals surface area contributed by atoms with Crippen LogP contribution in [0.2, 0.25) is 5.02 Å². The number of likely N-dealkylation sites (tertiary alicyclic amines) is 1. The molecule has 1 aromatic carbocycles. The van der Waals surface area contributed by atoms with Crippen molar-refractivity contribution in [2.45, 2.75) is 44.7 Å². The van der Waals surface area contributed by atoms with Gasteiger partial charge in [0.25, 0.3) is 5.91 Å². The summed E-state index contributed by atoms with van der Waals surface area (Å²) in [5.41, 5.74) is 1.04. The minimum Gasteiger partial charge on any atom is -0.351 e. The smallest absolute Gasteiger partial charge is 0.351 e. The van der Waals surface area contributed by atoms with Crippen LogP contribution in [0.3, 0.4) is 0 Å². The standard InChI is InChI=1S/C19H21ClF3N3O3/c1-2-14(18(28)26-7-5-13(6-8-26)29-19(21,22)23)25-17(27)16-10-11-9-12(20)3-4-15(11)24-16/h3-4,9-10,13-14,24H,2,5-8H2,1H3,(H,25,27)/t14-/m1/s1. The lowest BCUT2D eigenvalue weighted by Crippen LogP contribution is -2.51. The number of H-pyrrole nitrogens is 1. The van der Waals surface area contributed by atoms with Gasteiger partial charge in [-0.2, -0.15) is 0 Å². The normalized spacial score (nSPS) is 16.8. The van der Waals surface area contributed by atoms with E-state index in [0.29, 0.717) is 17.1 Å². The monoisotopic (exact) mass is 431 g/mol. The fraction of sp³-hybridized carbons (Fsp3) is 0.474. The zero-order valence-electron chi connectivity index (χ0n) is 15.7. The molecular weight excluding hydrogens is 411 g/mol. The van der Waals surface area contributed by atoms with Crippen LogP contribution in [0.1, 0.15) is 36.7 Å². The molecule has 1 aliphatic rings. The van der Waals surface area contributed by atoms with Gasteiger partial charge in [-0.15, -0.1) is 13.2 Å². The molecule has 0 saturated carbocycles. The zero-order valence-corrected chi connectivity index (χ0v) is 16.4. The van der Waals surface area contributed by atoms with Gasteiger partial charge in [0.05, 0.1) is 6.10 Å². The number of fused-ring (bicyclic) bond motifs is 1. The first-order valence-electron chi connectivity index (χ1n) is 9.28. The highest BCUT2D eigenvalue weighted by molar-refractivity contribution is 6.31. The van der Waals surface area contributed by atoms with E-state index in [1.807, 2.05) is 0 Å². The summed E-state index contributed by atoms with van der Waals surface area (Å²) in [6, 6.07) is 6.06. The van der Waals surface area contributed by atoms with Crippen molar-refractivity contribution in [2.75, 3.05) is 13.1 Å². The number of nitrogens with zero attached hydrogens (tertiary/aromatic N) is 1. The van der Waals surface area contributed by atoms with Gasteiger partial charge in [0.2, 0.25) is 5.91 Å². The molecule has 0 unspecified atom stereocenters. The molecule has 0 radical (unpaired) electrons. The van der Waals surface area contributed by atoms with Crippen LogP contribution >= 0.6 is 11.6 Å². The number of aromatic nitrogens is 1. The molecule has 1 aliphatic heterocycles. The third kappa shape index (κ3) is 5.42. The van der Waals surface area contributed by atoms with E-state index < -0.39 is 24.4 Å². The summed E-state index contributed by atoms with van der Waals surface area (Å²) >= 11 is 5.95. The van der Waals surface area contributed by atoms with Crippen molar-refractivity contribution in [1.29, 1.82) is 0 Å². The van der Waals surface area contributed by atoms with E-state index in [0.717, 1.165) is 10.9 Å². The average Bonchev–Trinajstić information content (AvgIpc) is 3.08. The Kier molecular flexibility index (Phi) is 6.38. The third-order valence-corrected chi connectivity index (χ3v) is 5.13. The lowest BCUT2D eigenvalue weighted by atomic mass is 10.1. The van der Waals surface area contributed by atoms with Gasteiger partial charge in [-0.25, -0.2) is 0 Å². The highest BCUT2D eigenvalue weighted by atomic mass is 35.5. The quantitative estimate of drug-likeness (QED) is 0.755. The molecule has 0 bridgehead atoms. The number of rotatable bonds is 5. The Labute approximate surface area is 170 Å². The molecule has 158 valence electrons. The summed E-state index contributed by atoms with van der Waals surface area (Å²) in [7, 11) is 0. The third-order valence-electron chi connectivity index (χ3n) is 4.89. The molecule has 2 aromatic rings. The molecule has 1 atom stereocenters. The number of alkyl halides is 3. The summed E-state index contributed by atoms with van der Waals surface area (Å²) in [5, 5.41) is 4.02. The van der Waals surface area contributed by atoms with Crippen molar-refractivity contribution in [2.24, 2.45) is 0 Å². The molecule has 3 rings (SSSR count). The zero-order chi connectivity index (χ0) is 21.2. The lowest BCUT2D eigenvalue weighted by Gasteiger charge is -2.34. The van der Waals surface area contributed by atoms with E-state index in [2.05, 4.69) is 15.0 Å². The molecule has 2 heterocycles. The number of hydrogen-bond acceptors (Lipinski definition) is 3. The van der Waals surface area contributed by atoms with Crippen LogP contribution in [0, 0.1) is 0 Å². The Balaban J connectivity index is 1.60. The highest BCUT2D eigenvalue weighted by Crippen LogP contribution is 2.25. The predicted molar refractivity (Wildman–Crippen MR) is 102 cm³/mol. The molecule has 1 aromatic heterocycles. The van der Waals surface area contributed by atoms with Gasteiger partial charge >= 0.3 is 6.36 Å². The van der Waals surface area contributed by atoms with Crippen molar-refractivity contribution in [3.05, 3.63) is 35.0 Å². The van der Waals surface area contributed by atoms with Crippen LogP contribution in [-0.4, -0.2) is 53.3 Å². The molecule has 2 amide bonds. The van der Waals surface area contributed by atoms with E-state index >= 15 is 0 Å². The average molecular weight is 432 g/mol. The highest BCUT2D eigenvalue weighted by Gasteiger charge is 2.36. The molecule has 0 aliphatic carbocycles. The van der Waals surface area contributed by atoms with Gasteiger partial charge in [0.15, 0.2) is 0 Å². The minimum atomic E-state index is -4.68. The second kappa shape index (κ2) is 8.62. The van der Waals surface area contributed by atoms with Gasteiger partial charge in [0, 0.05) is 29.0 Å². The topological polar surface area (TPSA) is 74.4 Å². The molecule has 10 heteroatoms. The lowest BCUT2D eigenvalue weighted by molar-refractivity contribution is -0.345. The number of ether oxygens (including phenoxy) is 1. The Morgan fingerprint density at radius 1 is 1.31 bits per heavy atom. The van der Waals surface area contributed by atoms with Gasteiger partial charge in [-0.3, -0.25) is 14.3 Å². The number of carbonyl (C=O) groups is 2. The van der Waals surface area contributed by atoms with Crippen molar-refractivity contribution in [3.8, 4) is 0 Å². The SMILES string of the molecule is CC[C@@H](NC(=O)c1cc2cc(Cl)ccc2[nH]1)C(=O)N1CCC(OC(F)(F)F)CC1. The van der Waals surface area contributed by atoms with Gasteiger partial charge < -0.3 is 15.2 Å². The number of piperidine rings is 1. The minimum absolute atomic E-state index is 0.0956. The van der Waals surface area contributed by atoms with E-state index in [1.165, 1.54) is 4.90 Å². The fourth-order valence-corrected chi connectivity index (χ4v) is 3.58. The van der Waals surface area contributed by atoms with Crippen LogP contribution in [-0.2, 0) is 9.53 Å². The summed E-state index contributed by atoms with van der Waals surface area (Å²) in [6.07, 6.45) is -5.08. The maximum atomic E-state index is 12.7. The van der Waals surface area contributed by atoms with Crippen molar-refractivity contribution < 1.29 is 27.5 Å². The molecule has 29 heavy (non-hydrogen) atoms. The van der Waals surface area contributed by atoms with E-state index in [-0.39, 0.29) is 31.8 Å². The first kappa shape index (κ1) is 21.4. The predicted octanol–water partition coefficient (Wildman–Crippen LogP) is 3.86. The van der Waals surface area contributed by atoms with Gasteiger partial charge in [-0.1, -0.05) is 18.5 Å². The first-order chi connectivity index (χ1) is 13.7. The maximum Gasteiger partial charge on any atom is 0.522 e. The van der Waals surface area contributed by atoms with Crippen LogP contribution in [0.5, 0.6) is 0 Å². The maximum absolute atomic E-state index is 12.7. The molecule has 6 nitrogen and oxygen atoms in total. The van der Waals surface area contributed by atoms with E-state index in [9.17, 15) is 22.8 Å². The van der Waals surface area contributed by atoms with Crippen LogP contribution in [0.15, 0.2) is 24.3 Å². The van der Waals surface area contributed by atoms with Crippen molar-refractivity contribution in [3.63, 3.8) is 0 Å². The number of carbonyl (C=O) groups excluding carboxylic acids is 2. The van der Waals surface area contributed by atoms with Crippen molar-refractivity contribution >= 4 is 34.3 Å². The second-order valence-corrected chi connectivity index (χ2v) is 7.37. The summed E-state index contributed by atoms with van der Waals surface area (Å²) < 4.78 is 41.0. The Morgan fingerprint density at radius 2 is 2.00 bits per heavy atom. The van der Waals surface area contributed by atoms with E-state index in [1.54, 1.807) is 31.2 Å². The summed E-state index contributed by atoms with van der Waals surface area (Å²) in [4.78, 5) is 29.7. The Bertz CT molecular complexity index is 892. The van der Waals surface area contributed by atoms with Crippen molar-refractivity contribution in [1.82, 2.24) is 15.2 Å². The number of hydrogen-bond donors (Lipinski definition) is 2. The van der Waals surface area contributed by atoms with Gasteiger partial charge in [-0.05, 0) is 43.5 Å². The molecule has 1 fully saturated rings. The number of amides is 2. The number of benzene rings is 1. The molecule has 2 N–H and O–H groups in total. The Hall–Kier alpha value is -2.26. The second-order valence-electron chi connectivity index (χ2n) is 6.94.